The van der Waals surface area contributed by atoms with Crippen molar-refractivity contribution in [3.05, 3.63) is 52.3 Å². The molecule has 6 nitrogen and oxygen atoms in total. The maximum atomic E-state index is 13.6. The third kappa shape index (κ3) is 1.85. The van der Waals surface area contributed by atoms with E-state index in [0.29, 0.717) is 16.9 Å². The highest BCUT2D eigenvalue weighted by Crippen LogP contribution is 2.28. The highest BCUT2D eigenvalue weighted by Gasteiger charge is 2.15. The van der Waals surface area contributed by atoms with Gasteiger partial charge in [-0.1, -0.05) is 6.07 Å². The zero-order valence-electron chi connectivity index (χ0n) is 10.1. The molecule has 100 valence electrons. The van der Waals surface area contributed by atoms with Crippen molar-refractivity contribution >= 4 is 22.4 Å². The first-order chi connectivity index (χ1) is 9.56. The molecule has 20 heavy (non-hydrogen) atoms. The number of halogens is 1. The largest absolute Gasteiger partial charge is 0.393 e. The molecule has 0 saturated heterocycles. The Kier molecular flexibility index (Phi) is 2.60. The number of hydrogen-bond acceptors (Lipinski definition) is 4. The van der Waals surface area contributed by atoms with Gasteiger partial charge in [-0.3, -0.25) is 10.1 Å². The molecule has 0 spiro atoms. The van der Waals surface area contributed by atoms with E-state index in [9.17, 15) is 14.5 Å². The van der Waals surface area contributed by atoms with Crippen LogP contribution in [0.3, 0.4) is 0 Å². The van der Waals surface area contributed by atoms with Gasteiger partial charge in [0.25, 0.3) is 5.69 Å². The maximum absolute atomic E-state index is 13.6. The number of nitrogens with one attached hydrogen (secondary N) is 1. The number of nitrogen functional groups attached to an aromatic ring is 1. The SMILES string of the molecule is Nc1ccc(-c2nc3c(F)cccc3[nH]2)cc1[N+](=O)[O-]. The molecule has 3 rings (SSSR count). The zero-order chi connectivity index (χ0) is 14.3. The predicted molar refractivity (Wildman–Crippen MR) is 72.6 cm³/mol. The number of nitro groups is 1. The van der Waals surface area contributed by atoms with Gasteiger partial charge in [0, 0.05) is 11.6 Å². The van der Waals surface area contributed by atoms with E-state index in [4.69, 9.17) is 5.73 Å². The van der Waals surface area contributed by atoms with Gasteiger partial charge in [-0.2, -0.15) is 0 Å². The summed E-state index contributed by atoms with van der Waals surface area (Å²) in [5.74, 6) is -0.0943. The van der Waals surface area contributed by atoms with Crippen LogP contribution in [0.5, 0.6) is 0 Å². The van der Waals surface area contributed by atoms with Crippen LogP contribution in [-0.2, 0) is 0 Å². The number of para-hydroxylation sites is 1. The summed E-state index contributed by atoms with van der Waals surface area (Å²) in [5.41, 5.74) is 6.60. The average molecular weight is 272 g/mol. The Morgan fingerprint density at radius 2 is 2.10 bits per heavy atom. The second-order valence-electron chi connectivity index (χ2n) is 4.25. The predicted octanol–water partition coefficient (Wildman–Crippen LogP) is 2.86. The lowest BCUT2D eigenvalue weighted by molar-refractivity contribution is -0.383. The number of aromatic amines is 1. The molecule has 0 amide bonds. The summed E-state index contributed by atoms with van der Waals surface area (Å²) in [4.78, 5) is 17.3. The molecule has 0 aliphatic carbocycles. The second kappa shape index (κ2) is 4.30. The fourth-order valence-corrected chi connectivity index (χ4v) is 1.98. The van der Waals surface area contributed by atoms with Gasteiger partial charge >= 0.3 is 0 Å². The highest BCUT2D eigenvalue weighted by molar-refractivity contribution is 5.81. The Labute approximate surface area is 112 Å². The van der Waals surface area contributed by atoms with Gasteiger partial charge in [0.05, 0.1) is 10.4 Å². The molecule has 2 aromatic carbocycles. The summed E-state index contributed by atoms with van der Waals surface area (Å²) in [7, 11) is 0. The first kappa shape index (κ1) is 12.1. The van der Waals surface area contributed by atoms with Gasteiger partial charge in [0.1, 0.15) is 17.0 Å². The van der Waals surface area contributed by atoms with Crippen molar-refractivity contribution in [3.8, 4) is 11.4 Å². The molecular formula is C13H9FN4O2. The smallest absolute Gasteiger partial charge is 0.292 e. The van der Waals surface area contributed by atoms with Crippen molar-refractivity contribution in [1.29, 1.82) is 0 Å². The zero-order valence-corrected chi connectivity index (χ0v) is 10.1. The quantitative estimate of drug-likeness (QED) is 0.425. The van der Waals surface area contributed by atoms with Crippen LogP contribution in [0.1, 0.15) is 0 Å². The summed E-state index contributed by atoms with van der Waals surface area (Å²) in [6.45, 7) is 0. The second-order valence-corrected chi connectivity index (χ2v) is 4.25. The van der Waals surface area contributed by atoms with Crippen molar-refractivity contribution in [2.75, 3.05) is 5.73 Å². The Hall–Kier alpha value is -2.96. The van der Waals surface area contributed by atoms with Gasteiger partial charge in [0.2, 0.25) is 0 Å². The van der Waals surface area contributed by atoms with Crippen LogP contribution >= 0.6 is 0 Å². The average Bonchev–Trinajstić information content (AvgIpc) is 2.84. The summed E-state index contributed by atoms with van der Waals surface area (Å²) < 4.78 is 13.6. The van der Waals surface area contributed by atoms with E-state index in [1.807, 2.05) is 0 Å². The molecule has 0 aliphatic heterocycles. The number of fused-ring (bicyclic) bond motifs is 1. The summed E-state index contributed by atoms with van der Waals surface area (Å²) >= 11 is 0. The van der Waals surface area contributed by atoms with E-state index in [2.05, 4.69) is 9.97 Å². The molecule has 1 aromatic heterocycles. The minimum Gasteiger partial charge on any atom is -0.393 e. The lowest BCUT2D eigenvalue weighted by Crippen LogP contribution is -1.96. The molecule has 0 saturated carbocycles. The molecule has 1 heterocycles. The molecule has 0 unspecified atom stereocenters. The van der Waals surface area contributed by atoms with E-state index >= 15 is 0 Å². The summed E-state index contributed by atoms with van der Waals surface area (Å²) in [6, 6.07) is 8.88. The number of hydrogen-bond donors (Lipinski definition) is 2. The Bertz CT molecular complexity index is 828. The number of nitrogens with zero attached hydrogens (tertiary/aromatic N) is 2. The van der Waals surface area contributed by atoms with Gasteiger partial charge in [-0.05, 0) is 24.3 Å². The topological polar surface area (TPSA) is 97.8 Å². The third-order valence-electron chi connectivity index (χ3n) is 2.96. The molecule has 3 N–H and O–H groups in total. The maximum Gasteiger partial charge on any atom is 0.292 e. The van der Waals surface area contributed by atoms with Gasteiger partial charge in [-0.15, -0.1) is 0 Å². The molecule has 7 heteroatoms. The number of anilines is 1. The fraction of sp³-hybridized carbons (Fsp3) is 0. The fourth-order valence-electron chi connectivity index (χ4n) is 1.98. The molecule has 0 fully saturated rings. The van der Waals surface area contributed by atoms with Crippen molar-refractivity contribution in [2.45, 2.75) is 0 Å². The number of nitrogens with two attached hydrogens (primary N) is 1. The first-order valence-electron chi connectivity index (χ1n) is 5.75. The van der Waals surface area contributed by atoms with Crippen LogP contribution in [0.4, 0.5) is 15.8 Å². The minimum atomic E-state index is -0.567. The van der Waals surface area contributed by atoms with Crippen LogP contribution in [0.15, 0.2) is 36.4 Å². The van der Waals surface area contributed by atoms with Crippen LogP contribution < -0.4 is 5.73 Å². The third-order valence-corrected chi connectivity index (χ3v) is 2.96. The van der Waals surface area contributed by atoms with Crippen LogP contribution in [0.2, 0.25) is 0 Å². The van der Waals surface area contributed by atoms with Crippen LogP contribution in [0.25, 0.3) is 22.4 Å². The Morgan fingerprint density at radius 1 is 1.30 bits per heavy atom. The van der Waals surface area contributed by atoms with E-state index in [1.165, 1.54) is 18.2 Å². The normalized spacial score (nSPS) is 10.8. The van der Waals surface area contributed by atoms with Crippen molar-refractivity contribution in [3.63, 3.8) is 0 Å². The molecule has 0 aliphatic rings. The summed E-state index contributed by atoms with van der Waals surface area (Å²) in [5, 5.41) is 10.9. The number of imidazole rings is 1. The molecule has 0 atom stereocenters. The van der Waals surface area contributed by atoms with E-state index < -0.39 is 10.7 Å². The van der Waals surface area contributed by atoms with E-state index in [-0.39, 0.29) is 16.9 Å². The van der Waals surface area contributed by atoms with Crippen molar-refractivity contribution < 1.29 is 9.31 Å². The Balaban J connectivity index is 2.18. The minimum absolute atomic E-state index is 0.0704. The van der Waals surface area contributed by atoms with Crippen LogP contribution in [-0.4, -0.2) is 14.9 Å². The summed E-state index contributed by atoms with van der Waals surface area (Å²) in [6.07, 6.45) is 0. The molecule has 0 radical (unpaired) electrons. The molecule has 0 bridgehead atoms. The first-order valence-corrected chi connectivity index (χ1v) is 5.75. The number of rotatable bonds is 2. The van der Waals surface area contributed by atoms with E-state index in [1.54, 1.807) is 18.2 Å². The lowest BCUT2D eigenvalue weighted by Gasteiger charge is -1.99. The van der Waals surface area contributed by atoms with Crippen molar-refractivity contribution in [2.24, 2.45) is 0 Å². The highest BCUT2D eigenvalue weighted by atomic mass is 19.1. The van der Waals surface area contributed by atoms with Gasteiger partial charge < -0.3 is 10.7 Å². The molecule has 3 aromatic rings. The molecular weight excluding hydrogens is 263 g/mol. The number of aromatic nitrogens is 2. The van der Waals surface area contributed by atoms with Gasteiger partial charge in [-0.25, -0.2) is 9.37 Å². The van der Waals surface area contributed by atoms with Gasteiger partial charge in [0.15, 0.2) is 5.82 Å². The Morgan fingerprint density at radius 3 is 2.80 bits per heavy atom. The lowest BCUT2D eigenvalue weighted by atomic mass is 10.1. The number of nitro benzene ring substituents is 1. The monoisotopic (exact) mass is 272 g/mol. The van der Waals surface area contributed by atoms with Crippen molar-refractivity contribution in [1.82, 2.24) is 9.97 Å². The number of benzene rings is 2. The standard InChI is InChI=1S/C13H9FN4O2/c14-8-2-1-3-10-12(8)17-13(16-10)7-4-5-9(15)11(6-7)18(19)20/h1-6H,15H2,(H,16,17). The number of H-pyrrole nitrogens is 1. The van der Waals surface area contributed by atoms with E-state index in [0.717, 1.165) is 0 Å². The van der Waals surface area contributed by atoms with Crippen LogP contribution in [0, 0.1) is 15.9 Å².